The molecule has 1 N–H and O–H groups in total. The number of carboxylic acids is 1. The molecule has 134 valence electrons. The number of anilines is 1. The van der Waals surface area contributed by atoms with E-state index in [4.69, 9.17) is 21.1 Å². The van der Waals surface area contributed by atoms with Crippen LogP contribution < -0.4 is 14.4 Å². The van der Waals surface area contributed by atoms with Crippen LogP contribution in [0.4, 0.5) is 5.95 Å². The second-order valence-corrected chi connectivity index (χ2v) is 6.62. The quantitative estimate of drug-likeness (QED) is 0.832. The molecule has 2 heterocycles. The molecule has 0 radical (unpaired) electrons. The van der Waals surface area contributed by atoms with Gasteiger partial charge in [-0.3, -0.25) is 0 Å². The van der Waals surface area contributed by atoms with Crippen molar-refractivity contribution in [3.8, 4) is 11.6 Å². The summed E-state index contributed by atoms with van der Waals surface area (Å²) < 4.78 is 10.8. The Morgan fingerprint density at radius 1 is 1.46 bits per heavy atom. The van der Waals surface area contributed by atoms with Crippen LogP contribution in [0.15, 0.2) is 36.2 Å². The molecule has 2 aliphatic rings. The number of nitrogens with zero attached hydrogens (tertiary/aromatic N) is 3. The van der Waals surface area contributed by atoms with Crippen LogP contribution in [-0.4, -0.2) is 34.7 Å². The standard InChI is InChI=1S/C18H16ClN3O4/c1-25-15-3-2-10(4-14(15)19)9-26-16-13(17(23)24)6-20-18(21-16)22-7-11-5-12(11)8-22/h2-4,6-7,12H,5,8-9H2,1H3,(H,23,24). The predicted octanol–water partition coefficient (Wildman–Crippen LogP) is 3.14. The number of rotatable bonds is 6. The lowest BCUT2D eigenvalue weighted by Crippen LogP contribution is -2.19. The van der Waals surface area contributed by atoms with Gasteiger partial charge in [0.25, 0.3) is 0 Å². The Morgan fingerprint density at radius 2 is 2.31 bits per heavy atom. The number of hydrogen-bond acceptors (Lipinski definition) is 6. The van der Waals surface area contributed by atoms with E-state index >= 15 is 0 Å². The molecule has 7 nitrogen and oxygen atoms in total. The molecule has 0 saturated heterocycles. The number of ether oxygens (including phenoxy) is 2. The first-order valence-corrected chi connectivity index (χ1v) is 8.45. The first-order chi connectivity index (χ1) is 12.5. The first-order valence-electron chi connectivity index (χ1n) is 8.08. The van der Waals surface area contributed by atoms with Crippen LogP contribution >= 0.6 is 11.6 Å². The lowest BCUT2D eigenvalue weighted by atomic mass is 10.2. The Bertz CT molecular complexity index is 915. The van der Waals surface area contributed by atoms with E-state index in [1.165, 1.54) is 18.9 Å². The number of aromatic carboxylic acids is 1. The Balaban J connectivity index is 1.55. The third kappa shape index (κ3) is 3.17. The number of hydrogen-bond donors (Lipinski definition) is 1. The highest BCUT2D eigenvalue weighted by molar-refractivity contribution is 6.32. The Morgan fingerprint density at radius 3 is 2.96 bits per heavy atom. The average molecular weight is 374 g/mol. The highest BCUT2D eigenvalue weighted by atomic mass is 35.5. The zero-order chi connectivity index (χ0) is 18.3. The molecule has 26 heavy (non-hydrogen) atoms. The van der Waals surface area contributed by atoms with Crippen LogP contribution in [-0.2, 0) is 6.61 Å². The molecule has 1 unspecified atom stereocenters. The van der Waals surface area contributed by atoms with Gasteiger partial charge in [0.1, 0.15) is 17.9 Å². The van der Waals surface area contributed by atoms with Gasteiger partial charge in [0.2, 0.25) is 11.8 Å². The molecule has 8 heteroatoms. The fourth-order valence-electron chi connectivity index (χ4n) is 2.90. The molecule has 0 spiro atoms. The maximum absolute atomic E-state index is 11.4. The van der Waals surface area contributed by atoms with Gasteiger partial charge in [-0.2, -0.15) is 4.98 Å². The first kappa shape index (κ1) is 16.7. The Hall–Kier alpha value is -2.80. The molecule has 0 bridgehead atoms. The number of carboxylic acid groups (broad SMARTS) is 1. The monoisotopic (exact) mass is 373 g/mol. The van der Waals surface area contributed by atoms with Gasteiger partial charge in [0, 0.05) is 18.7 Å². The van der Waals surface area contributed by atoms with Gasteiger partial charge in [-0.25, -0.2) is 9.78 Å². The summed E-state index contributed by atoms with van der Waals surface area (Å²) in [6, 6.07) is 5.24. The van der Waals surface area contributed by atoms with Gasteiger partial charge in [0.05, 0.1) is 18.3 Å². The number of benzene rings is 1. The van der Waals surface area contributed by atoms with Gasteiger partial charge >= 0.3 is 5.97 Å². The third-order valence-electron chi connectivity index (χ3n) is 4.41. The summed E-state index contributed by atoms with van der Waals surface area (Å²) in [6.45, 7) is 0.958. The van der Waals surface area contributed by atoms with E-state index in [0.29, 0.717) is 22.6 Å². The van der Waals surface area contributed by atoms with Crippen molar-refractivity contribution >= 4 is 23.5 Å². The molecular formula is C18H16ClN3O4. The minimum atomic E-state index is -1.14. The Labute approximate surface area is 154 Å². The average Bonchev–Trinajstić information content (AvgIpc) is 3.25. The maximum Gasteiger partial charge on any atom is 0.342 e. The highest BCUT2D eigenvalue weighted by Gasteiger charge is 2.38. The van der Waals surface area contributed by atoms with E-state index in [2.05, 4.69) is 9.97 Å². The summed E-state index contributed by atoms with van der Waals surface area (Å²) in [5, 5.41) is 9.81. The van der Waals surface area contributed by atoms with E-state index in [-0.39, 0.29) is 18.1 Å². The second kappa shape index (κ2) is 6.49. The second-order valence-electron chi connectivity index (χ2n) is 6.21. The molecule has 2 aromatic rings. The molecule has 1 aliphatic carbocycles. The lowest BCUT2D eigenvalue weighted by molar-refractivity contribution is 0.0690. The van der Waals surface area contributed by atoms with Crippen molar-refractivity contribution in [2.75, 3.05) is 18.6 Å². The van der Waals surface area contributed by atoms with Crippen LogP contribution in [0.2, 0.25) is 5.02 Å². The van der Waals surface area contributed by atoms with E-state index < -0.39 is 5.97 Å². The minimum Gasteiger partial charge on any atom is -0.495 e. The lowest BCUT2D eigenvalue weighted by Gasteiger charge is -2.16. The number of halogens is 1. The summed E-state index contributed by atoms with van der Waals surface area (Å²) in [5.41, 5.74) is 2.08. The summed E-state index contributed by atoms with van der Waals surface area (Å²) in [4.78, 5) is 21.8. The van der Waals surface area contributed by atoms with Crippen molar-refractivity contribution < 1.29 is 19.4 Å². The van der Waals surface area contributed by atoms with Gasteiger partial charge < -0.3 is 19.5 Å². The van der Waals surface area contributed by atoms with Crippen LogP contribution in [0, 0.1) is 5.92 Å². The largest absolute Gasteiger partial charge is 0.495 e. The Kier molecular flexibility index (Phi) is 4.16. The van der Waals surface area contributed by atoms with Crippen molar-refractivity contribution in [2.45, 2.75) is 13.0 Å². The molecule has 0 amide bonds. The summed E-state index contributed by atoms with van der Waals surface area (Å²) >= 11 is 6.11. The van der Waals surface area contributed by atoms with Crippen molar-refractivity contribution in [3.05, 3.63) is 52.3 Å². The molecule has 1 atom stereocenters. The van der Waals surface area contributed by atoms with Crippen molar-refractivity contribution in [1.82, 2.24) is 9.97 Å². The molecular weight excluding hydrogens is 358 g/mol. The predicted molar refractivity (Wildman–Crippen MR) is 94.9 cm³/mol. The van der Waals surface area contributed by atoms with Gasteiger partial charge in [-0.05, 0) is 29.7 Å². The number of carbonyl (C=O) groups is 1. The smallest absolute Gasteiger partial charge is 0.342 e. The van der Waals surface area contributed by atoms with E-state index in [9.17, 15) is 9.90 Å². The molecule has 1 fully saturated rings. The summed E-state index contributed by atoms with van der Waals surface area (Å²) in [5.74, 6) is 0.489. The van der Waals surface area contributed by atoms with E-state index in [1.54, 1.807) is 18.2 Å². The SMILES string of the molecule is COc1ccc(COc2nc(N3C=C4CC4C3)ncc2C(=O)O)cc1Cl. The van der Waals surface area contributed by atoms with E-state index in [0.717, 1.165) is 18.5 Å². The molecule has 4 rings (SSSR count). The fourth-order valence-corrected chi connectivity index (χ4v) is 3.18. The molecule has 1 aliphatic heterocycles. The highest BCUT2D eigenvalue weighted by Crippen LogP contribution is 2.44. The topological polar surface area (TPSA) is 84.8 Å². The fraction of sp³-hybridized carbons (Fsp3) is 0.278. The van der Waals surface area contributed by atoms with Gasteiger partial charge in [-0.1, -0.05) is 17.7 Å². The minimum absolute atomic E-state index is 0.0356. The van der Waals surface area contributed by atoms with Crippen molar-refractivity contribution in [3.63, 3.8) is 0 Å². The normalized spacial score (nSPS) is 17.5. The zero-order valence-corrected chi connectivity index (χ0v) is 14.7. The summed E-state index contributed by atoms with van der Waals surface area (Å²) in [6.07, 6.45) is 4.43. The molecule has 1 saturated carbocycles. The zero-order valence-electron chi connectivity index (χ0n) is 14.0. The van der Waals surface area contributed by atoms with Crippen LogP contribution in [0.3, 0.4) is 0 Å². The molecule has 1 aromatic carbocycles. The van der Waals surface area contributed by atoms with Crippen LogP contribution in [0.5, 0.6) is 11.6 Å². The van der Waals surface area contributed by atoms with E-state index in [1.807, 2.05) is 11.1 Å². The maximum atomic E-state index is 11.4. The number of fused-ring (bicyclic) bond motifs is 1. The van der Waals surface area contributed by atoms with Crippen LogP contribution in [0.25, 0.3) is 0 Å². The number of aromatic nitrogens is 2. The van der Waals surface area contributed by atoms with Crippen molar-refractivity contribution in [2.24, 2.45) is 5.92 Å². The molecule has 1 aromatic heterocycles. The summed E-state index contributed by atoms with van der Waals surface area (Å²) in [7, 11) is 1.54. The van der Waals surface area contributed by atoms with Gasteiger partial charge in [-0.15, -0.1) is 0 Å². The van der Waals surface area contributed by atoms with Crippen molar-refractivity contribution in [1.29, 1.82) is 0 Å². The third-order valence-corrected chi connectivity index (χ3v) is 4.70. The van der Waals surface area contributed by atoms with Crippen LogP contribution in [0.1, 0.15) is 22.3 Å². The number of methoxy groups -OCH3 is 1. The van der Waals surface area contributed by atoms with Gasteiger partial charge in [0.15, 0.2) is 0 Å².